The summed E-state index contributed by atoms with van der Waals surface area (Å²) in [6, 6.07) is 12.8. The fourth-order valence-electron chi connectivity index (χ4n) is 2.93. The summed E-state index contributed by atoms with van der Waals surface area (Å²) in [5, 5.41) is 5.37. The Morgan fingerprint density at radius 1 is 1.14 bits per heavy atom. The third-order valence-corrected chi connectivity index (χ3v) is 4.67. The van der Waals surface area contributed by atoms with Crippen LogP contribution in [0.2, 0.25) is 0 Å². The molecule has 0 bridgehead atoms. The standard InChI is InChI=1S/C21H26N6O2/c1-14(2)19(22)20(29)24-13-18(28)26-21-25-16-8-3-4-9-17(16)27(21)12-10-15-7-5-6-11-23-15/h3-9,11,14,19H,10,12-13,22H2,1-2H3,(H,24,29)(H,25,26,28)/t19-/m0/s1. The van der Waals surface area contributed by atoms with Gasteiger partial charge in [-0.25, -0.2) is 4.98 Å². The number of imidazole rings is 1. The van der Waals surface area contributed by atoms with E-state index in [1.807, 2.05) is 60.9 Å². The number of anilines is 1. The molecule has 0 saturated carbocycles. The highest BCUT2D eigenvalue weighted by Crippen LogP contribution is 2.20. The summed E-state index contributed by atoms with van der Waals surface area (Å²) >= 11 is 0. The number of carbonyl (C=O) groups excluding carboxylic acids is 2. The lowest BCUT2D eigenvalue weighted by Gasteiger charge is -2.15. The fourth-order valence-corrected chi connectivity index (χ4v) is 2.93. The topological polar surface area (TPSA) is 115 Å². The molecule has 0 aliphatic heterocycles. The molecule has 0 aliphatic carbocycles. The molecule has 152 valence electrons. The summed E-state index contributed by atoms with van der Waals surface area (Å²) in [5.74, 6) is -0.272. The summed E-state index contributed by atoms with van der Waals surface area (Å²) in [7, 11) is 0. The Morgan fingerprint density at radius 2 is 1.90 bits per heavy atom. The number of nitrogens with zero attached hydrogens (tertiary/aromatic N) is 3. The third kappa shape index (κ3) is 5.17. The van der Waals surface area contributed by atoms with E-state index in [2.05, 4.69) is 20.6 Å². The van der Waals surface area contributed by atoms with Gasteiger partial charge in [0.05, 0.1) is 23.6 Å². The van der Waals surface area contributed by atoms with Gasteiger partial charge >= 0.3 is 0 Å². The number of aryl methyl sites for hydroxylation is 2. The average molecular weight is 394 g/mol. The Bertz CT molecular complexity index is 983. The van der Waals surface area contributed by atoms with E-state index in [1.165, 1.54) is 0 Å². The van der Waals surface area contributed by atoms with E-state index in [1.54, 1.807) is 6.20 Å². The monoisotopic (exact) mass is 394 g/mol. The van der Waals surface area contributed by atoms with Gasteiger partial charge in [-0.2, -0.15) is 0 Å². The summed E-state index contributed by atoms with van der Waals surface area (Å²) in [4.78, 5) is 33.2. The normalized spacial score (nSPS) is 12.1. The van der Waals surface area contributed by atoms with Gasteiger partial charge in [0, 0.05) is 24.9 Å². The maximum absolute atomic E-state index is 12.4. The van der Waals surface area contributed by atoms with Crippen LogP contribution in [-0.2, 0) is 22.6 Å². The number of hydrogen-bond acceptors (Lipinski definition) is 5. The van der Waals surface area contributed by atoms with Gasteiger partial charge in [-0.15, -0.1) is 0 Å². The maximum Gasteiger partial charge on any atom is 0.246 e. The second-order valence-electron chi connectivity index (χ2n) is 7.18. The molecule has 0 radical (unpaired) electrons. The average Bonchev–Trinajstić information content (AvgIpc) is 3.07. The Kier molecular flexibility index (Phi) is 6.56. The molecular weight excluding hydrogens is 368 g/mol. The molecular formula is C21H26N6O2. The molecule has 0 fully saturated rings. The molecule has 0 spiro atoms. The van der Waals surface area contributed by atoms with E-state index in [0.29, 0.717) is 18.9 Å². The minimum atomic E-state index is -0.647. The van der Waals surface area contributed by atoms with Crippen LogP contribution in [0.3, 0.4) is 0 Å². The molecule has 1 aromatic carbocycles. The van der Waals surface area contributed by atoms with E-state index in [4.69, 9.17) is 5.73 Å². The molecule has 2 aromatic heterocycles. The third-order valence-electron chi connectivity index (χ3n) is 4.67. The predicted molar refractivity (Wildman–Crippen MR) is 112 cm³/mol. The lowest BCUT2D eigenvalue weighted by atomic mass is 10.1. The van der Waals surface area contributed by atoms with Crippen LogP contribution in [0, 0.1) is 5.92 Å². The molecule has 2 heterocycles. The zero-order valence-corrected chi connectivity index (χ0v) is 16.6. The minimum Gasteiger partial charge on any atom is -0.346 e. The number of hydrogen-bond donors (Lipinski definition) is 3. The van der Waals surface area contributed by atoms with E-state index < -0.39 is 6.04 Å². The number of amides is 2. The molecule has 2 amide bonds. The molecule has 29 heavy (non-hydrogen) atoms. The summed E-state index contributed by atoms with van der Waals surface area (Å²) in [6.07, 6.45) is 2.46. The highest BCUT2D eigenvalue weighted by molar-refractivity contribution is 5.95. The lowest BCUT2D eigenvalue weighted by molar-refractivity contribution is -0.125. The number of rotatable bonds is 8. The van der Waals surface area contributed by atoms with E-state index in [9.17, 15) is 9.59 Å². The zero-order valence-electron chi connectivity index (χ0n) is 16.6. The van der Waals surface area contributed by atoms with Crippen LogP contribution in [0.4, 0.5) is 5.95 Å². The van der Waals surface area contributed by atoms with Gasteiger partial charge < -0.3 is 15.6 Å². The highest BCUT2D eigenvalue weighted by atomic mass is 16.2. The van der Waals surface area contributed by atoms with E-state index in [-0.39, 0.29) is 24.3 Å². The van der Waals surface area contributed by atoms with Crippen molar-refractivity contribution in [3.05, 3.63) is 54.4 Å². The van der Waals surface area contributed by atoms with Crippen LogP contribution in [-0.4, -0.2) is 38.9 Å². The fraction of sp³-hybridized carbons (Fsp3) is 0.333. The van der Waals surface area contributed by atoms with Crippen molar-refractivity contribution in [2.45, 2.75) is 32.9 Å². The van der Waals surface area contributed by atoms with Gasteiger partial charge in [0.1, 0.15) is 0 Å². The number of pyridine rings is 1. The van der Waals surface area contributed by atoms with Crippen LogP contribution < -0.4 is 16.4 Å². The molecule has 3 rings (SSSR count). The van der Waals surface area contributed by atoms with Crippen molar-refractivity contribution in [3.63, 3.8) is 0 Å². The van der Waals surface area contributed by atoms with Crippen molar-refractivity contribution >= 4 is 28.8 Å². The van der Waals surface area contributed by atoms with Gasteiger partial charge in [0.15, 0.2) is 0 Å². The smallest absolute Gasteiger partial charge is 0.246 e. The van der Waals surface area contributed by atoms with Crippen LogP contribution in [0.5, 0.6) is 0 Å². The minimum absolute atomic E-state index is 0.00569. The number of fused-ring (bicyclic) bond motifs is 1. The van der Waals surface area contributed by atoms with Crippen LogP contribution in [0.1, 0.15) is 19.5 Å². The molecule has 3 aromatic rings. The van der Waals surface area contributed by atoms with Crippen LogP contribution in [0.25, 0.3) is 11.0 Å². The first-order valence-electron chi connectivity index (χ1n) is 9.64. The van der Waals surface area contributed by atoms with Crippen molar-refractivity contribution in [2.75, 3.05) is 11.9 Å². The predicted octanol–water partition coefficient (Wildman–Crippen LogP) is 1.71. The van der Waals surface area contributed by atoms with Crippen molar-refractivity contribution in [2.24, 2.45) is 11.7 Å². The molecule has 8 nitrogen and oxygen atoms in total. The number of aromatic nitrogens is 3. The first-order chi connectivity index (χ1) is 14.0. The van der Waals surface area contributed by atoms with E-state index in [0.717, 1.165) is 16.7 Å². The molecule has 0 saturated heterocycles. The summed E-state index contributed by atoms with van der Waals surface area (Å²) < 4.78 is 1.95. The number of nitrogens with two attached hydrogens (primary N) is 1. The zero-order chi connectivity index (χ0) is 20.8. The molecule has 4 N–H and O–H groups in total. The molecule has 0 unspecified atom stereocenters. The van der Waals surface area contributed by atoms with Gasteiger partial charge in [-0.05, 0) is 30.2 Å². The Morgan fingerprint density at radius 3 is 2.62 bits per heavy atom. The van der Waals surface area contributed by atoms with Gasteiger partial charge in [0.25, 0.3) is 0 Å². The van der Waals surface area contributed by atoms with Crippen molar-refractivity contribution in [1.29, 1.82) is 0 Å². The first-order valence-corrected chi connectivity index (χ1v) is 9.64. The number of carbonyl (C=O) groups is 2. The number of nitrogens with one attached hydrogen (secondary N) is 2. The Balaban J connectivity index is 1.71. The number of para-hydroxylation sites is 2. The Labute approximate surface area is 169 Å². The second kappa shape index (κ2) is 9.29. The van der Waals surface area contributed by atoms with Gasteiger partial charge in [-0.3, -0.25) is 19.9 Å². The van der Waals surface area contributed by atoms with Crippen molar-refractivity contribution in [3.8, 4) is 0 Å². The van der Waals surface area contributed by atoms with E-state index >= 15 is 0 Å². The molecule has 1 atom stereocenters. The van der Waals surface area contributed by atoms with Gasteiger partial charge in [0.2, 0.25) is 17.8 Å². The Hall–Kier alpha value is -3.26. The quantitative estimate of drug-likeness (QED) is 0.538. The van der Waals surface area contributed by atoms with Crippen molar-refractivity contribution in [1.82, 2.24) is 19.9 Å². The number of benzene rings is 1. The highest BCUT2D eigenvalue weighted by Gasteiger charge is 2.18. The lowest BCUT2D eigenvalue weighted by Crippen LogP contribution is -2.46. The van der Waals surface area contributed by atoms with Gasteiger partial charge in [-0.1, -0.05) is 32.0 Å². The summed E-state index contributed by atoms with van der Waals surface area (Å²) in [5.41, 5.74) is 8.47. The largest absolute Gasteiger partial charge is 0.346 e. The molecule has 0 aliphatic rings. The van der Waals surface area contributed by atoms with Crippen molar-refractivity contribution < 1.29 is 9.59 Å². The SMILES string of the molecule is CC(C)[C@H](N)C(=O)NCC(=O)Nc1nc2ccccc2n1CCc1ccccn1. The summed E-state index contributed by atoms with van der Waals surface area (Å²) in [6.45, 7) is 4.16. The second-order valence-corrected chi connectivity index (χ2v) is 7.18. The van der Waals surface area contributed by atoms with Crippen LogP contribution in [0.15, 0.2) is 48.7 Å². The maximum atomic E-state index is 12.4. The molecule has 8 heteroatoms. The van der Waals surface area contributed by atoms with Crippen LogP contribution >= 0.6 is 0 Å². The first kappa shape index (κ1) is 20.5.